The largest absolute Gasteiger partial charge is 0.396 e. The molecule has 0 saturated carbocycles. The number of nitrogen functional groups attached to an aromatic ring is 1. The van der Waals surface area contributed by atoms with Gasteiger partial charge in [0.1, 0.15) is 5.69 Å². The molecule has 72 valence electrons. The fourth-order valence-electron chi connectivity index (χ4n) is 0.875. The molecule has 1 rings (SSSR count). The van der Waals surface area contributed by atoms with Crippen LogP contribution in [0.3, 0.4) is 0 Å². The first-order valence-electron chi connectivity index (χ1n) is 3.49. The smallest absolute Gasteiger partial charge is 0.280 e. The fraction of sp³-hybridized carbons (Fsp3) is 0.286. The SMILES string of the molecule is NCc1cc(C(F)F)nc(Cl)c1N. The van der Waals surface area contributed by atoms with Crippen LogP contribution in [-0.2, 0) is 6.54 Å². The fourth-order valence-corrected chi connectivity index (χ4v) is 1.09. The molecule has 1 aromatic heterocycles. The summed E-state index contributed by atoms with van der Waals surface area (Å²) in [6, 6.07) is 1.16. The van der Waals surface area contributed by atoms with Crippen molar-refractivity contribution in [2.75, 3.05) is 5.73 Å². The van der Waals surface area contributed by atoms with Gasteiger partial charge in [-0.05, 0) is 11.6 Å². The van der Waals surface area contributed by atoms with Gasteiger partial charge >= 0.3 is 0 Å². The van der Waals surface area contributed by atoms with E-state index < -0.39 is 12.1 Å². The zero-order valence-electron chi connectivity index (χ0n) is 6.60. The molecule has 1 heterocycles. The molecule has 4 N–H and O–H groups in total. The number of alkyl halides is 2. The highest BCUT2D eigenvalue weighted by Gasteiger charge is 2.13. The summed E-state index contributed by atoms with van der Waals surface area (Å²) < 4.78 is 24.4. The van der Waals surface area contributed by atoms with Gasteiger partial charge in [0.25, 0.3) is 6.43 Å². The number of anilines is 1. The Bertz CT molecular complexity index is 317. The minimum atomic E-state index is -2.66. The van der Waals surface area contributed by atoms with Crippen molar-refractivity contribution in [2.45, 2.75) is 13.0 Å². The van der Waals surface area contributed by atoms with Gasteiger partial charge in [0.15, 0.2) is 5.15 Å². The lowest BCUT2D eigenvalue weighted by atomic mass is 10.2. The summed E-state index contributed by atoms with van der Waals surface area (Å²) in [4.78, 5) is 3.42. The van der Waals surface area contributed by atoms with E-state index in [1.807, 2.05) is 0 Å². The topological polar surface area (TPSA) is 64.9 Å². The van der Waals surface area contributed by atoms with E-state index in [1.54, 1.807) is 0 Å². The Labute approximate surface area is 78.7 Å². The highest BCUT2D eigenvalue weighted by atomic mass is 35.5. The molecule has 0 fully saturated rings. The molecule has 0 saturated heterocycles. The highest BCUT2D eigenvalue weighted by Crippen LogP contribution is 2.26. The van der Waals surface area contributed by atoms with E-state index in [0.717, 1.165) is 6.07 Å². The predicted molar refractivity (Wildman–Crippen MR) is 46.5 cm³/mol. The zero-order chi connectivity index (χ0) is 10.0. The zero-order valence-corrected chi connectivity index (χ0v) is 7.35. The molecule has 0 radical (unpaired) electrons. The van der Waals surface area contributed by atoms with Crippen LogP contribution in [0.4, 0.5) is 14.5 Å². The molecule has 0 spiro atoms. The second kappa shape index (κ2) is 3.85. The molecule has 0 amide bonds. The van der Waals surface area contributed by atoms with Crippen LogP contribution in [0.5, 0.6) is 0 Å². The molecule has 0 aliphatic rings. The Kier molecular flexibility index (Phi) is 3.00. The summed E-state index contributed by atoms with van der Waals surface area (Å²) in [5.74, 6) is 0. The summed E-state index contributed by atoms with van der Waals surface area (Å²) in [5, 5.41) is -0.127. The van der Waals surface area contributed by atoms with Gasteiger partial charge in [0.05, 0.1) is 5.69 Å². The van der Waals surface area contributed by atoms with E-state index >= 15 is 0 Å². The second-order valence-electron chi connectivity index (χ2n) is 2.42. The molecular formula is C7H8ClF2N3. The Hall–Kier alpha value is -0.940. The van der Waals surface area contributed by atoms with E-state index in [1.165, 1.54) is 0 Å². The van der Waals surface area contributed by atoms with Crippen molar-refractivity contribution < 1.29 is 8.78 Å². The number of halogens is 3. The van der Waals surface area contributed by atoms with E-state index in [4.69, 9.17) is 23.1 Å². The monoisotopic (exact) mass is 207 g/mol. The highest BCUT2D eigenvalue weighted by molar-refractivity contribution is 6.32. The van der Waals surface area contributed by atoms with Crippen molar-refractivity contribution in [1.29, 1.82) is 0 Å². The Morgan fingerprint density at radius 1 is 1.54 bits per heavy atom. The maximum absolute atomic E-state index is 12.2. The molecule has 0 aliphatic carbocycles. The Morgan fingerprint density at radius 3 is 2.62 bits per heavy atom. The van der Waals surface area contributed by atoms with Crippen molar-refractivity contribution in [3.63, 3.8) is 0 Å². The van der Waals surface area contributed by atoms with Crippen LogP contribution in [0, 0.1) is 0 Å². The lowest BCUT2D eigenvalue weighted by molar-refractivity contribution is 0.146. The van der Waals surface area contributed by atoms with Crippen LogP contribution in [-0.4, -0.2) is 4.98 Å². The number of hydrogen-bond donors (Lipinski definition) is 2. The maximum atomic E-state index is 12.2. The lowest BCUT2D eigenvalue weighted by Crippen LogP contribution is -2.05. The summed E-state index contributed by atoms with van der Waals surface area (Å²) >= 11 is 5.52. The number of pyridine rings is 1. The molecule has 0 aliphatic heterocycles. The van der Waals surface area contributed by atoms with Crippen molar-refractivity contribution >= 4 is 17.3 Å². The first-order chi connectivity index (χ1) is 6.06. The molecular weight excluding hydrogens is 200 g/mol. The molecule has 13 heavy (non-hydrogen) atoms. The van der Waals surface area contributed by atoms with Gasteiger partial charge in [-0.2, -0.15) is 0 Å². The molecule has 0 bridgehead atoms. The van der Waals surface area contributed by atoms with Crippen LogP contribution in [0.2, 0.25) is 5.15 Å². The van der Waals surface area contributed by atoms with Gasteiger partial charge in [0.2, 0.25) is 0 Å². The van der Waals surface area contributed by atoms with Gasteiger partial charge in [-0.1, -0.05) is 11.6 Å². The summed E-state index contributed by atoms with van der Waals surface area (Å²) in [7, 11) is 0. The van der Waals surface area contributed by atoms with Crippen molar-refractivity contribution in [1.82, 2.24) is 4.98 Å². The summed E-state index contributed by atoms with van der Waals surface area (Å²) in [6.45, 7) is 0.0633. The van der Waals surface area contributed by atoms with E-state index in [-0.39, 0.29) is 17.4 Å². The quantitative estimate of drug-likeness (QED) is 0.726. The third-order valence-electron chi connectivity index (χ3n) is 1.56. The second-order valence-corrected chi connectivity index (χ2v) is 2.77. The van der Waals surface area contributed by atoms with Gasteiger partial charge < -0.3 is 11.5 Å². The molecule has 6 heteroatoms. The van der Waals surface area contributed by atoms with Crippen molar-refractivity contribution in [3.05, 3.63) is 22.5 Å². The number of nitrogens with two attached hydrogens (primary N) is 2. The molecule has 0 atom stereocenters. The summed E-state index contributed by atoms with van der Waals surface area (Å²) in [6.07, 6.45) is -2.66. The van der Waals surface area contributed by atoms with E-state index in [0.29, 0.717) is 5.56 Å². The number of rotatable bonds is 2. The number of nitrogens with zero attached hydrogens (tertiary/aromatic N) is 1. The standard InChI is InChI=1S/C7H8ClF2N3/c8-6-5(12)3(2-11)1-4(13-6)7(9)10/h1,7H,2,11-12H2. The van der Waals surface area contributed by atoms with Crippen LogP contribution in [0.25, 0.3) is 0 Å². The first-order valence-corrected chi connectivity index (χ1v) is 3.87. The molecule has 3 nitrogen and oxygen atoms in total. The van der Waals surface area contributed by atoms with E-state index in [2.05, 4.69) is 4.98 Å². The minimum Gasteiger partial charge on any atom is -0.396 e. The van der Waals surface area contributed by atoms with Crippen LogP contribution >= 0.6 is 11.6 Å². The number of aromatic nitrogens is 1. The van der Waals surface area contributed by atoms with Gasteiger partial charge in [-0.3, -0.25) is 0 Å². The molecule has 0 unspecified atom stereocenters. The van der Waals surface area contributed by atoms with Crippen LogP contribution in [0.15, 0.2) is 6.07 Å². The van der Waals surface area contributed by atoms with Crippen molar-refractivity contribution in [3.8, 4) is 0 Å². The Morgan fingerprint density at radius 2 is 2.15 bits per heavy atom. The van der Waals surface area contributed by atoms with Gasteiger partial charge in [0, 0.05) is 6.54 Å². The van der Waals surface area contributed by atoms with Gasteiger partial charge in [-0.25, -0.2) is 13.8 Å². The molecule has 0 aromatic carbocycles. The third-order valence-corrected chi connectivity index (χ3v) is 1.85. The average Bonchev–Trinajstić information content (AvgIpc) is 2.09. The van der Waals surface area contributed by atoms with Crippen molar-refractivity contribution in [2.24, 2.45) is 5.73 Å². The average molecular weight is 208 g/mol. The first kappa shape index (κ1) is 10.1. The Balaban J connectivity index is 3.22. The number of hydrogen-bond acceptors (Lipinski definition) is 3. The molecule has 1 aromatic rings. The predicted octanol–water partition coefficient (Wildman–Crippen LogP) is 1.71. The van der Waals surface area contributed by atoms with Crippen LogP contribution < -0.4 is 11.5 Å². The van der Waals surface area contributed by atoms with E-state index in [9.17, 15) is 8.78 Å². The minimum absolute atomic E-state index is 0.0633. The van der Waals surface area contributed by atoms with Gasteiger partial charge in [-0.15, -0.1) is 0 Å². The third kappa shape index (κ3) is 2.05. The van der Waals surface area contributed by atoms with Crippen LogP contribution in [0.1, 0.15) is 17.7 Å². The summed E-state index contributed by atoms with van der Waals surface area (Å²) in [5.41, 5.74) is 10.9. The maximum Gasteiger partial charge on any atom is 0.280 e. The lowest BCUT2D eigenvalue weighted by Gasteiger charge is -2.07. The normalized spacial score (nSPS) is 10.8.